The number of nitrogens with one attached hydrogen (secondary N) is 1. The number of fused-ring (bicyclic) bond motifs is 1. The molecular weight excluding hydrogens is 336 g/mol. The smallest absolute Gasteiger partial charge is 0.241 e. The van der Waals surface area contributed by atoms with Gasteiger partial charge < -0.3 is 19.1 Å². The lowest BCUT2D eigenvalue weighted by Crippen LogP contribution is -2.50. The van der Waals surface area contributed by atoms with Crippen LogP contribution >= 0.6 is 0 Å². The highest BCUT2D eigenvalue weighted by molar-refractivity contribution is 7.89. The summed E-state index contributed by atoms with van der Waals surface area (Å²) in [6.45, 7) is 4.20. The fraction of sp³-hybridized carbons (Fsp3) is 0.533. The Morgan fingerprint density at radius 2 is 1.79 bits per heavy atom. The first kappa shape index (κ1) is 17.0. The normalized spacial score (nSPS) is 19.0. The van der Waals surface area contributed by atoms with Crippen molar-refractivity contribution in [1.82, 2.24) is 9.62 Å². The zero-order valence-corrected chi connectivity index (χ0v) is 14.2. The van der Waals surface area contributed by atoms with Gasteiger partial charge in [0.15, 0.2) is 11.5 Å². The van der Waals surface area contributed by atoms with E-state index >= 15 is 0 Å². The molecule has 0 aromatic heterocycles. The predicted molar refractivity (Wildman–Crippen MR) is 84.6 cm³/mol. The largest absolute Gasteiger partial charge is 0.486 e. The summed E-state index contributed by atoms with van der Waals surface area (Å²) >= 11 is 0. The minimum absolute atomic E-state index is 0.0355. The van der Waals surface area contributed by atoms with E-state index in [-0.39, 0.29) is 10.8 Å². The quantitative estimate of drug-likeness (QED) is 0.815. The monoisotopic (exact) mass is 356 g/mol. The topological polar surface area (TPSA) is 94.2 Å². The average Bonchev–Trinajstić information content (AvgIpc) is 2.61. The molecule has 2 aliphatic rings. The van der Waals surface area contributed by atoms with E-state index in [1.54, 1.807) is 11.0 Å². The van der Waals surface area contributed by atoms with Gasteiger partial charge in [0.25, 0.3) is 0 Å². The van der Waals surface area contributed by atoms with Crippen molar-refractivity contribution in [3.05, 3.63) is 18.2 Å². The first-order valence-corrected chi connectivity index (χ1v) is 9.24. The van der Waals surface area contributed by atoms with Gasteiger partial charge in [-0.1, -0.05) is 0 Å². The van der Waals surface area contributed by atoms with Gasteiger partial charge in [0, 0.05) is 19.2 Å². The first-order valence-electron chi connectivity index (χ1n) is 7.76. The summed E-state index contributed by atoms with van der Waals surface area (Å²) in [6, 6.07) is 3.53. The second-order valence-corrected chi connectivity index (χ2v) is 7.30. The molecule has 132 valence electrons. The maximum Gasteiger partial charge on any atom is 0.241 e. The molecule has 0 aliphatic carbocycles. The van der Waals surface area contributed by atoms with E-state index in [1.165, 1.54) is 19.1 Å². The van der Waals surface area contributed by atoms with Gasteiger partial charge in [-0.25, -0.2) is 8.42 Å². The third-order valence-corrected chi connectivity index (χ3v) is 5.39. The summed E-state index contributed by atoms with van der Waals surface area (Å²) in [5.41, 5.74) is 0. The molecule has 9 heteroatoms. The Balaban J connectivity index is 1.72. The number of carbonyl (C=O) groups excluding carboxylic acids is 1. The molecule has 24 heavy (non-hydrogen) atoms. The van der Waals surface area contributed by atoms with Gasteiger partial charge in [-0.15, -0.1) is 0 Å². The number of nitrogens with zero attached hydrogens (tertiary/aromatic N) is 1. The van der Waals surface area contributed by atoms with Gasteiger partial charge in [0.05, 0.1) is 24.2 Å². The Labute approximate surface area is 140 Å². The molecule has 1 aromatic carbocycles. The third kappa shape index (κ3) is 3.63. The van der Waals surface area contributed by atoms with Crippen LogP contribution in [0.5, 0.6) is 11.5 Å². The van der Waals surface area contributed by atoms with Crippen LogP contribution in [-0.4, -0.2) is 64.8 Å². The van der Waals surface area contributed by atoms with Gasteiger partial charge in [-0.05, 0) is 19.1 Å². The number of benzene rings is 1. The zero-order valence-electron chi connectivity index (χ0n) is 13.4. The highest BCUT2D eigenvalue weighted by Crippen LogP contribution is 2.32. The van der Waals surface area contributed by atoms with Crippen molar-refractivity contribution in [2.24, 2.45) is 0 Å². The van der Waals surface area contributed by atoms with E-state index in [0.717, 1.165) is 0 Å². The van der Waals surface area contributed by atoms with Crippen molar-refractivity contribution in [3.8, 4) is 11.5 Å². The van der Waals surface area contributed by atoms with Crippen LogP contribution in [0.1, 0.15) is 6.92 Å². The molecular formula is C15H20N2O6S. The van der Waals surface area contributed by atoms with E-state index in [9.17, 15) is 13.2 Å². The van der Waals surface area contributed by atoms with Gasteiger partial charge in [0.2, 0.25) is 15.9 Å². The Morgan fingerprint density at radius 3 is 2.50 bits per heavy atom. The molecule has 2 aliphatic heterocycles. The minimum atomic E-state index is -3.84. The van der Waals surface area contributed by atoms with Crippen molar-refractivity contribution in [1.29, 1.82) is 0 Å². The zero-order chi connectivity index (χ0) is 17.2. The molecule has 1 fully saturated rings. The van der Waals surface area contributed by atoms with E-state index in [2.05, 4.69) is 4.72 Å². The van der Waals surface area contributed by atoms with Crippen molar-refractivity contribution >= 4 is 15.9 Å². The van der Waals surface area contributed by atoms with E-state index in [1.807, 2.05) is 0 Å². The molecule has 0 bridgehead atoms. The van der Waals surface area contributed by atoms with Crippen molar-refractivity contribution in [2.45, 2.75) is 17.9 Å². The average molecular weight is 356 g/mol. The van der Waals surface area contributed by atoms with E-state index in [4.69, 9.17) is 14.2 Å². The Hall–Kier alpha value is -1.84. The van der Waals surface area contributed by atoms with Crippen LogP contribution in [0, 0.1) is 0 Å². The molecule has 0 saturated carbocycles. The number of ether oxygens (including phenoxy) is 3. The van der Waals surface area contributed by atoms with Crippen LogP contribution < -0.4 is 14.2 Å². The number of amides is 1. The van der Waals surface area contributed by atoms with E-state index in [0.29, 0.717) is 51.0 Å². The lowest BCUT2D eigenvalue weighted by molar-refractivity contribution is -0.136. The van der Waals surface area contributed by atoms with Crippen LogP contribution in [-0.2, 0) is 19.6 Å². The number of morpholine rings is 1. The molecule has 1 N–H and O–H groups in total. The summed E-state index contributed by atoms with van der Waals surface area (Å²) in [7, 11) is -3.84. The third-order valence-electron chi connectivity index (χ3n) is 3.85. The summed E-state index contributed by atoms with van der Waals surface area (Å²) in [5.74, 6) is 0.633. The summed E-state index contributed by atoms with van der Waals surface area (Å²) in [4.78, 5) is 14.0. The van der Waals surface area contributed by atoms with Crippen molar-refractivity contribution in [2.75, 3.05) is 39.5 Å². The van der Waals surface area contributed by atoms with E-state index < -0.39 is 16.1 Å². The summed E-state index contributed by atoms with van der Waals surface area (Å²) < 4.78 is 43.4. The fourth-order valence-corrected chi connectivity index (χ4v) is 3.81. The highest BCUT2D eigenvalue weighted by atomic mass is 32.2. The summed E-state index contributed by atoms with van der Waals surface area (Å²) in [5, 5.41) is 0. The number of carbonyl (C=O) groups is 1. The Bertz CT molecular complexity index is 715. The van der Waals surface area contributed by atoms with Gasteiger partial charge in [-0.3, -0.25) is 4.79 Å². The maximum absolute atomic E-state index is 12.5. The molecule has 1 atom stereocenters. The number of hydrogen-bond acceptors (Lipinski definition) is 6. The second-order valence-electron chi connectivity index (χ2n) is 5.59. The molecule has 8 nitrogen and oxygen atoms in total. The number of rotatable bonds is 4. The number of sulfonamides is 1. The molecule has 1 amide bonds. The Morgan fingerprint density at radius 1 is 1.12 bits per heavy atom. The SMILES string of the molecule is C[C@@H](NS(=O)(=O)c1ccc2c(c1)OCCO2)C(=O)N1CCOCC1. The molecule has 1 aromatic rings. The lowest BCUT2D eigenvalue weighted by atomic mass is 10.3. The molecule has 1 saturated heterocycles. The van der Waals surface area contributed by atoms with Crippen LogP contribution in [0.15, 0.2) is 23.1 Å². The lowest BCUT2D eigenvalue weighted by Gasteiger charge is -2.29. The predicted octanol–water partition coefficient (Wildman–Crippen LogP) is -0.0166. The van der Waals surface area contributed by atoms with Gasteiger partial charge in [-0.2, -0.15) is 4.72 Å². The standard InChI is InChI=1S/C15H20N2O6S/c1-11(15(18)17-4-6-21-7-5-17)16-24(19,20)12-2-3-13-14(10-12)23-9-8-22-13/h2-3,10-11,16H,4-9H2,1H3/t11-/m1/s1. The Kier molecular flexibility index (Phi) is 4.93. The second kappa shape index (κ2) is 6.96. The fourth-order valence-electron chi connectivity index (χ4n) is 2.60. The van der Waals surface area contributed by atoms with Gasteiger partial charge >= 0.3 is 0 Å². The highest BCUT2D eigenvalue weighted by Gasteiger charge is 2.27. The van der Waals surface area contributed by atoms with Crippen LogP contribution in [0.3, 0.4) is 0 Å². The van der Waals surface area contributed by atoms with Crippen molar-refractivity contribution in [3.63, 3.8) is 0 Å². The molecule has 2 heterocycles. The molecule has 3 rings (SSSR count). The molecule has 0 unspecified atom stereocenters. The molecule has 0 radical (unpaired) electrons. The van der Waals surface area contributed by atoms with Crippen molar-refractivity contribution < 1.29 is 27.4 Å². The molecule has 0 spiro atoms. The van der Waals surface area contributed by atoms with Gasteiger partial charge in [0.1, 0.15) is 13.2 Å². The number of hydrogen-bond donors (Lipinski definition) is 1. The first-order chi connectivity index (χ1) is 11.5. The van der Waals surface area contributed by atoms with Crippen LogP contribution in [0.25, 0.3) is 0 Å². The maximum atomic E-state index is 12.5. The van der Waals surface area contributed by atoms with Crippen LogP contribution in [0.4, 0.5) is 0 Å². The van der Waals surface area contributed by atoms with Crippen LogP contribution in [0.2, 0.25) is 0 Å². The summed E-state index contributed by atoms with van der Waals surface area (Å²) in [6.07, 6.45) is 0. The minimum Gasteiger partial charge on any atom is -0.486 e.